The van der Waals surface area contributed by atoms with Gasteiger partial charge in [0, 0.05) is 25.9 Å². The lowest BCUT2D eigenvalue weighted by atomic mass is 9.97. The van der Waals surface area contributed by atoms with E-state index in [-0.39, 0.29) is 37.7 Å². The van der Waals surface area contributed by atoms with Gasteiger partial charge in [0.2, 0.25) is 21.8 Å². The zero-order valence-electron chi connectivity index (χ0n) is 18.1. The van der Waals surface area contributed by atoms with Gasteiger partial charge in [-0.05, 0) is 49.6 Å². The van der Waals surface area contributed by atoms with Crippen LogP contribution in [-0.2, 0) is 25.8 Å². The largest absolute Gasteiger partial charge is 0.417 e. The first-order chi connectivity index (χ1) is 15.4. The molecule has 0 unspecified atom stereocenters. The van der Waals surface area contributed by atoms with Gasteiger partial charge in [0.05, 0.1) is 21.8 Å². The van der Waals surface area contributed by atoms with Crippen LogP contribution in [0.4, 0.5) is 24.5 Å². The minimum Gasteiger partial charge on any atom is -0.325 e. The maximum atomic E-state index is 13.3. The van der Waals surface area contributed by atoms with Crippen molar-refractivity contribution in [2.24, 2.45) is 5.92 Å². The number of alkyl halides is 3. The van der Waals surface area contributed by atoms with Crippen LogP contribution < -0.4 is 10.6 Å². The summed E-state index contributed by atoms with van der Waals surface area (Å²) in [5, 5.41) is 5.41. The Morgan fingerprint density at radius 2 is 1.64 bits per heavy atom. The summed E-state index contributed by atoms with van der Waals surface area (Å²) in [6, 6.07) is 9.22. The fourth-order valence-corrected chi connectivity index (χ4v) is 5.40. The molecule has 0 atom stereocenters. The molecule has 2 aromatic rings. The van der Waals surface area contributed by atoms with E-state index < -0.39 is 32.6 Å². The first kappa shape index (κ1) is 24.7. The molecule has 0 aliphatic carbocycles. The van der Waals surface area contributed by atoms with Crippen LogP contribution in [-0.4, -0.2) is 37.6 Å². The van der Waals surface area contributed by atoms with Crippen molar-refractivity contribution in [1.82, 2.24) is 4.31 Å². The molecule has 1 aliphatic heterocycles. The summed E-state index contributed by atoms with van der Waals surface area (Å²) in [5.41, 5.74) is 0.507. The molecule has 178 valence electrons. The van der Waals surface area contributed by atoms with E-state index in [2.05, 4.69) is 10.6 Å². The Morgan fingerprint density at radius 1 is 1.00 bits per heavy atom. The van der Waals surface area contributed by atoms with Crippen molar-refractivity contribution in [1.29, 1.82) is 0 Å². The van der Waals surface area contributed by atoms with Crippen LogP contribution in [0.3, 0.4) is 0 Å². The normalized spacial score (nSPS) is 15.8. The second-order valence-corrected chi connectivity index (χ2v) is 9.80. The molecular weight excluding hydrogens is 459 g/mol. The predicted molar refractivity (Wildman–Crippen MR) is 117 cm³/mol. The van der Waals surface area contributed by atoms with Crippen LogP contribution in [0.2, 0.25) is 0 Å². The highest BCUT2D eigenvalue weighted by Crippen LogP contribution is 2.36. The summed E-state index contributed by atoms with van der Waals surface area (Å²) < 4.78 is 66.7. The molecule has 2 N–H and O–H groups in total. The number of benzene rings is 2. The number of sulfonamides is 1. The van der Waals surface area contributed by atoms with E-state index >= 15 is 0 Å². The summed E-state index contributed by atoms with van der Waals surface area (Å²) in [6.45, 7) is 3.01. The van der Waals surface area contributed by atoms with Crippen LogP contribution in [0.1, 0.15) is 30.9 Å². The van der Waals surface area contributed by atoms with E-state index in [0.717, 1.165) is 28.1 Å². The summed E-state index contributed by atoms with van der Waals surface area (Å²) >= 11 is 0. The quantitative estimate of drug-likeness (QED) is 0.672. The van der Waals surface area contributed by atoms with Crippen LogP contribution >= 0.6 is 0 Å². The average molecular weight is 484 g/mol. The summed E-state index contributed by atoms with van der Waals surface area (Å²) in [7, 11) is -4.38. The van der Waals surface area contributed by atoms with Gasteiger partial charge >= 0.3 is 6.18 Å². The summed E-state index contributed by atoms with van der Waals surface area (Å²) in [4.78, 5) is 23.4. The van der Waals surface area contributed by atoms with Crippen LogP contribution in [0.25, 0.3) is 0 Å². The number of piperidine rings is 1. The SMILES string of the molecule is CC(=O)Nc1ccc(C)cc1NC(=O)C1CCN(S(=O)(=O)c2ccccc2C(F)(F)F)CC1. The predicted octanol–water partition coefficient (Wildman–Crippen LogP) is 4.01. The minimum absolute atomic E-state index is 0.0843. The van der Waals surface area contributed by atoms with Gasteiger partial charge in [-0.25, -0.2) is 8.42 Å². The molecule has 11 heteroatoms. The number of nitrogens with zero attached hydrogens (tertiary/aromatic N) is 1. The molecule has 33 heavy (non-hydrogen) atoms. The minimum atomic E-state index is -4.80. The standard InChI is InChI=1S/C22H24F3N3O4S/c1-14-7-8-18(26-15(2)29)19(13-14)27-21(30)16-9-11-28(12-10-16)33(31,32)20-6-4-3-5-17(20)22(23,24)25/h3-8,13,16H,9-12H2,1-2H3,(H,26,29)(H,27,30). The van der Waals surface area contributed by atoms with Gasteiger partial charge in [0.25, 0.3) is 0 Å². The fraction of sp³-hybridized carbons (Fsp3) is 0.364. The molecule has 3 rings (SSSR count). The Balaban J connectivity index is 1.71. The van der Waals surface area contributed by atoms with Gasteiger partial charge in [-0.1, -0.05) is 18.2 Å². The van der Waals surface area contributed by atoms with Crippen LogP contribution in [0.5, 0.6) is 0 Å². The molecular formula is C22H24F3N3O4S. The Bertz CT molecular complexity index is 1160. The summed E-state index contributed by atoms with van der Waals surface area (Å²) in [6.07, 6.45) is -4.50. The Kier molecular flexibility index (Phi) is 7.13. The van der Waals surface area contributed by atoms with Gasteiger partial charge in [-0.3, -0.25) is 9.59 Å². The van der Waals surface area contributed by atoms with Gasteiger partial charge in [0.15, 0.2) is 0 Å². The number of halogens is 3. The maximum absolute atomic E-state index is 13.3. The molecule has 0 spiro atoms. The first-order valence-electron chi connectivity index (χ1n) is 10.2. The highest BCUT2D eigenvalue weighted by atomic mass is 32.2. The van der Waals surface area contributed by atoms with E-state index in [1.54, 1.807) is 18.2 Å². The fourth-order valence-electron chi connectivity index (χ4n) is 3.72. The average Bonchev–Trinajstić information content (AvgIpc) is 2.75. The van der Waals surface area contributed by atoms with E-state index in [1.165, 1.54) is 13.0 Å². The topological polar surface area (TPSA) is 95.6 Å². The molecule has 0 aromatic heterocycles. The third-order valence-electron chi connectivity index (χ3n) is 5.38. The van der Waals surface area contributed by atoms with Crippen molar-refractivity contribution in [2.45, 2.75) is 37.8 Å². The van der Waals surface area contributed by atoms with Crippen molar-refractivity contribution in [3.05, 3.63) is 53.6 Å². The molecule has 1 fully saturated rings. The summed E-state index contributed by atoms with van der Waals surface area (Å²) in [5.74, 6) is -1.17. The Hall–Kier alpha value is -2.92. The molecule has 2 amide bonds. The van der Waals surface area contributed by atoms with E-state index in [0.29, 0.717) is 11.4 Å². The Labute approximate surface area is 190 Å². The van der Waals surface area contributed by atoms with Gasteiger partial charge in [0.1, 0.15) is 0 Å². The molecule has 1 aliphatic rings. The van der Waals surface area contributed by atoms with E-state index in [9.17, 15) is 31.2 Å². The van der Waals surface area contributed by atoms with Crippen molar-refractivity contribution in [3.8, 4) is 0 Å². The lowest BCUT2D eigenvalue weighted by molar-refractivity contribution is -0.140. The lowest BCUT2D eigenvalue weighted by Crippen LogP contribution is -2.42. The molecule has 0 saturated carbocycles. The zero-order chi connectivity index (χ0) is 24.4. The molecule has 2 aromatic carbocycles. The molecule has 1 saturated heterocycles. The number of hydrogen-bond acceptors (Lipinski definition) is 4. The van der Waals surface area contributed by atoms with Crippen molar-refractivity contribution in [3.63, 3.8) is 0 Å². The molecule has 0 radical (unpaired) electrons. The zero-order valence-corrected chi connectivity index (χ0v) is 18.9. The lowest BCUT2D eigenvalue weighted by Gasteiger charge is -2.31. The van der Waals surface area contributed by atoms with Crippen LogP contribution in [0, 0.1) is 12.8 Å². The number of carbonyl (C=O) groups is 2. The highest BCUT2D eigenvalue weighted by molar-refractivity contribution is 7.89. The number of nitrogens with one attached hydrogen (secondary N) is 2. The van der Waals surface area contributed by atoms with Crippen molar-refractivity contribution in [2.75, 3.05) is 23.7 Å². The first-order valence-corrected chi connectivity index (χ1v) is 11.7. The van der Waals surface area contributed by atoms with E-state index in [4.69, 9.17) is 0 Å². The highest BCUT2D eigenvalue weighted by Gasteiger charge is 2.40. The van der Waals surface area contributed by atoms with Crippen molar-refractivity contribution < 1.29 is 31.2 Å². The third-order valence-corrected chi connectivity index (χ3v) is 7.34. The number of carbonyl (C=O) groups excluding carboxylic acids is 2. The number of anilines is 2. The second-order valence-electron chi connectivity index (χ2n) is 7.89. The number of hydrogen-bond donors (Lipinski definition) is 2. The maximum Gasteiger partial charge on any atom is 0.417 e. The number of aryl methyl sites for hydroxylation is 1. The second kappa shape index (κ2) is 9.52. The smallest absolute Gasteiger partial charge is 0.325 e. The van der Waals surface area contributed by atoms with E-state index in [1.807, 2.05) is 6.92 Å². The number of rotatable bonds is 5. The number of amides is 2. The van der Waals surface area contributed by atoms with Gasteiger partial charge in [-0.15, -0.1) is 0 Å². The monoisotopic (exact) mass is 483 g/mol. The van der Waals surface area contributed by atoms with Crippen molar-refractivity contribution >= 4 is 33.2 Å². The molecule has 0 bridgehead atoms. The van der Waals surface area contributed by atoms with Gasteiger partial charge < -0.3 is 10.6 Å². The molecule has 1 heterocycles. The Morgan fingerprint density at radius 3 is 2.24 bits per heavy atom. The third kappa shape index (κ3) is 5.72. The van der Waals surface area contributed by atoms with Gasteiger partial charge in [-0.2, -0.15) is 17.5 Å². The van der Waals surface area contributed by atoms with Crippen LogP contribution in [0.15, 0.2) is 47.4 Å². The molecule has 7 nitrogen and oxygen atoms in total.